The van der Waals surface area contributed by atoms with Crippen molar-refractivity contribution in [2.45, 2.75) is 12.5 Å². The van der Waals surface area contributed by atoms with Crippen molar-refractivity contribution >= 4 is 16.1 Å². The molecule has 17 heavy (non-hydrogen) atoms. The molecule has 0 bridgehead atoms. The van der Waals surface area contributed by atoms with Gasteiger partial charge in [0, 0.05) is 6.42 Å². The molecular weight excluding hydrogens is 244 g/mol. The highest BCUT2D eigenvalue weighted by atomic mass is 32.2. The molecule has 6 nitrogen and oxygen atoms in total. The third kappa shape index (κ3) is 5.88. The maximum absolute atomic E-state index is 11.0. The summed E-state index contributed by atoms with van der Waals surface area (Å²) in [4.78, 5) is 10.7. The maximum atomic E-state index is 11.0. The lowest BCUT2D eigenvalue weighted by atomic mass is 10.1. The van der Waals surface area contributed by atoms with Crippen LogP contribution in [0.25, 0.3) is 0 Å². The van der Waals surface area contributed by atoms with Crippen LogP contribution in [0.4, 0.5) is 4.79 Å². The van der Waals surface area contributed by atoms with E-state index in [9.17, 15) is 13.2 Å². The Balaban J connectivity index is 2.74. The smallest absolute Gasteiger partial charge is 0.404 e. The molecule has 0 fully saturated rings. The van der Waals surface area contributed by atoms with Crippen molar-refractivity contribution in [1.29, 1.82) is 0 Å². The number of hydrogen-bond donors (Lipinski definition) is 2. The van der Waals surface area contributed by atoms with Gasteiger partial charge in [0.05, 0.1) is 0 Å². The fraction of sp³-hybridized carbons (Fsp3) is 0.300. The highest BCUT2D eigenvalue weighted by Crippen LogP contribution is 2.07. The molecule has 1 unspecified atom stereocenters. The van der Waals surface area contributed by atoms with E-state index in [1.807, 2.05) is 6.07 Å². The van der Waals surface area contributed by atoms with E-state index in [1.54, 1.807) is 24.3 Å². The van der Waals surface area contributed by atoms with E-state index in [0.29, 0.717) is 0 Å². The first-order valence-electron chi connectivity index (χ1n) is 4.87. The number of ether oxygens (including phenoxy) is 1. The summed E-state index contributed by atoms with van der Waals surface area (Å²) in [6, 6.07) is 9.01. The molecule has 7 heteroatoms. The molecule has 0 aliphatic rings. The summed E-state index contributed by atoms with van der Waals surface area (Å²) in [6.07, 6.45) is -1.64. The molecular formula is C10H14N2O4S. The van der Waals surface area contributed by atoms with Gasteiger partial charge in [-0.25, -0.2) is 18.4 Å². The summed E-state index contributed by atoms with van der Waals surface area (Å²) in [5.74, 6) is -0.454. The largest absolute Gasteiger partial charge is 0.445 e. The van der Waals surface area contributed by atoms with E-state index < -0.39 is 28.0 Å². The first-order chi connectivity index (χ1) is 7.87. The van der Waals surface area contributed by atoms with E-state index in [1.165, 1.54) is 0 Å². The third-order valence-electron chi connectivity index (χ3n) is 2.01. The lowest BCUT2D eigenvalue weighted by Gasteiger charge is -2.15. The zero-order chi connectivity index (χ0) is 12.9. The van der Waals surface area contributed by atoms with E-state index >= 15 is 0 Å². The maximum Gasteiger partial charge on any atom is 0.404 e. The van der Waals surface area contributed by atoms with Gasteiger partial charge in [0.2, 0.25) is 10.0 Å². The number of primary amides is 1. The van der Waals surface area contributed by atoms with Gasteiger partial charge in [0.25, 0.3) is 0 Å². The van der Waals surface area contributed by atoms with E-state index in [0.717, 1.165) is 5.56 Å². The predicted molar refractivity (Wildman–Crippen MR) is 62.6 cm³/mol. The minimum atomic E-state index is -3.72. The van der Waals surface area contributed by atoms with Crippen molar-refractivity contribution in [3.05, 3.63) is 35.9 Å². The molecule has 0 aliphatic heterocycles. The molecule has 0 heterocycles. The Bertz CT molecular complexity index is 472. The van der Waals surface area contributed by atoms with Gasteiger partial charge in [0.1, 0.15) is 11.9 Å². The van der Waals surface area contributed by atoms with Crippen LogP contribution in [0.2, 0.25) is 0 Å². The Labute approximate surface area is 99.6 Å². The van der Waals surface area contributed by atoms with Crippen molar-refractivity contribution in [1.82, 2.24) is 0 Å². The van der Waals surface area contributed by atoms with Crippen LogP contribution in [0.15, 0.2) is 30.3 Å². The van der Waals surface area contributed by atoms with Gasteiger partial charge < -0.3 is 10.5 Å². The van der Waals surface area contributed by atoms with Crippen molar-refractivity contribution in [2.75, 3.05) is 5.75 Å². The monoisotopic (exact) mass is 258 g/mol. The average Bonchev–Trinajstić information content (AvgIpc) is 2.15. The van der Waals surface area contributed by atoms with Crippen LogP contribution < -0.4 is 10.9 Å². The molecule has 1 atom stereocenters. The second kappa shape index (κ2) is 5.65. The number of primary sulfonamides is 1. The first kappa shape index (κ1) is 13.5. The molecule has 1 aromatic carbocycles. The van der Waals surface area contributed by atoms with Crippen molar-refractivity contribution < 1.29 is 17.9 Å². The number of amides is 1. The van der Waals surface area contributed by atoms with Crippen LogP contribution >= 0.6 is 0 Å². The number of carbonyl (C=O) groups is 1. The Hall–Kier alpha value is -1.60. The number of carbonyl (C=O) groups excluding carboxylic acids is 1. The van der Waals surface area contributed by atoms with Gasteiger partial charge in [-0.3, -0.25) is 0 Å². The molecule has 0 saturated heterocycles. The summed E-state index contributed by atoms with van der Waals surface area (Å²) in [6.45, 7) is 0. The SMILES string of the molecule is NC(=O)OC(Cc1ccccc1)CS(N)(=O)=O. The zero-order valence-electron chi connectivity index (χ0n) is 9.07. The predicted octanol–water partition coefficient (Wildman–Crippen LogP) is -0.0185. The van der Waals surface area contributed by atoms with Crippen LogP contribution in [-0.2, 0) is 21.2 Å². The van der Waals surface area contributed by atoms with Gasteiger partial charge in [-0.05, 0) is 5.56 Å². The van der Waals surface area contributed by atoms with Gasteiger partial charge in [-0.2, -0.15) is 0 Å². The van der Waals surface area contributed by atoms with Gasteiger partial charge in [-0.1, -0.05) is 30.3 Å². The second-order valence-corrected chi connectivity index (χ2v) is 5.24. The lowest BCUT2D eigenvalue weighted by molar-refractivity contribution is 0.118. The van der Waals surface area contributed by atoms with Gasteiger partial charge in [-0.15, -0.1) is 0 Å². The van der Waals surface area contributed by atoms with Crippen LogP contribution in [-0.4, -0.2) is 26.4 Å². The van der Waals surface area contributed by atoms with Crippen LogP contribution in [0, 0.1) is 0 Å². The quantitative estimate of drug-likeness (QED) is 0.772. The lowest BCUT2D eigenvalue weighted by Crippen LogP contribution is -2.33. The number of sulfonamides is 1. The highest BCUT2D eigenvalue weighted by Gasteiger charge is 2.19. The number of rotatable bonds is 5. The Morgan fingerprint density at radius 2 is 1.88 bits per heavy atom. The molecule has 0 radical (unpaired) electrons. The van der Waals surface area contributed by atoms with Crippen LogP contribution in [0.1, 0.15) is 5.56 Å². The molecule has 0 saturated carbocycles. The standard InChI is InChI=1S/C10H14N2O4S/c11-10(13)16-9(7-17(12,14)15)6-8-4-2-1-3-5-8/h1-5,9H,6-7H2,(H2,11,13)(H2,12,14,15). The molecule has 1 aromatic rings. The Morgan fingerprint density at radius 1 is 1.29 bits per heavy atom. The topological polar surface area (TPSA) is 112 Å². The van der Waals surface area contributed by atoms with E-state index in [2.05, 4.69) is 0 Å². The molecule has 0 aromatic heterocycles. The third-order valence-corrected chi connectivity index (χ3v) is 2.84. The summed E-state index contributed by atoms with van der Waals surface area (Å²) >= 11 is 0. The second-order valence-electron chi connectivity index (χ2n) is 3.58. The summed E-state index contributed by atoms with van der Waals surface area (Å²) in [5.41, 5.74) is 5.70. The van der Waals surface area contributed by atoms with Crippen LogP contribution in [0.5, 0.6) is 0 Å². The Kier molecular flexibility index (Phi) is 4.47. The number of hydrogen-bond acceptors (Lipinski definition) is 4. The zero-order valence-corrected chi connectivity index (χ0v) is 9.89. The minimum Gasteiger partial charge on any atom is -0.445 e. The number of nitrogens with two attached hydrogens (primary N) is 2. The van der Waals surface area contributed by atoms with Gasteiger partial charge >= 0.3 is 6.09 Å². The number of benzene rings is 1. The van der Waals surface area contributed by atoms with E-state index in [4.69, 9.17) is 15.6 Å². The Morgan fingerprint density at radius 3 is 2.35 bits per heavy atom. The van der Waals surface area contributed by atoms with Crippen molar-refractivity contribution in [3.8, 4) is 0 Å². The molecule has 1 amide bonds. The van der Waals surface area contributed by atoms with Crippen molar-refractivity contribution in [2.24, 2.45) is 10.9 Å². The van der Waals surface area contributed by atoms with Crippen molar-refractivity contribution in [3.63, 3.8) is 0 Å². The molecule has 1 rings (SSSR count). The fourth-order valence-electron chi connectivity index (χ4n) is 1.43. The molecule has 0 aliphatic carbocycles. The summed E-state index contributed by atoms with van der Waals surface area (Å²) in [5, 5.41) is 4.91. The molecule has 4 N–H and O–H groups in total. The summed E-state index contributed by atoms with van der Waals surface area (Å²) in [7, 11) is -3.72. The molecule has 94 valence electrons. The highest BCUT2D eigenvalue weighted by molar-refractivity contribution is 7.89. The molecule has 0 spiro atoms. The first-order valence-corrected chi connectivity index (χ1v) is 6.59. The van der Waals surface area contributed by atoms with Gasteiger partial charge in [0.15, 0.2) is 0 Å². The fourth-order valence-corrected chi connectivity index (χ4v) is 2.14. The van der Waals surface area contributed by atoms with Crippen LogP contribution in [0.3, 0.4) is 0 Å². The summed E-state index contributed by atoms with van der Waals surface area (Å²) < 4.78 is 26.6. The average molecular weight is 258 g/mol. The minimum absolute atomic E-state index is 0.250. The normalized spacial score (nSPS) is 13.0. The van der Waals surface area contributed by atoms with E-state index in [-0.39, 0.29) is 6.42 Å².